The Morgan fingerprint density at radius 1 is 0.962 bits per heavy atom. The molecular formula is C16H13Cl4NO4S. The van der Waals surface area contributed by atoms with Crippen molar-refractivity contribution in [2.24, 2.45) is 0 Å². The molecule has 0 bridgehead atoms. The first-order valence-corrected chi connectivity index (χ1v) is 10.2. The van der Waals surface area contributed by atoms with E-state index in [1.165, 1.54) is 36.4 Å². The standard InChI is InChI=1S/C16H13Cl4NO4S/c17-10-3-5-13(19)15(8-10)21(7-1-2-16(22)23)26(24,25)11-4-6-12(18)14(20)9-11/h3-6,8-9H,1-2,7H2,(H,22,23). The van der Waals surface area contributed by atoms with E-state index in [1.807, 2.05) is 0 Å². The molecular weight excluding hydrogens is 444 g/mol. The molecule has 2 aromatic rings. The highest BCUT2D eigenvalue weighted by molar-refractivity contribution is 7.92. The highest BCUT2D eigenvalue weighted by Gasteiger charge is 2.27. The van der Waals surface area contributed by atoms with Crippen molar-refractivity contribution >= 4 is 68.1 Å². The van der Waals surface area contributed by atoms with E-state index in [0.29, 0.717) is 0 Å². The van der Waals surface area contributed by atoms with Crippen molar-refractivity contribution in [3.63, 3.8) is 0 Å². The number of carboxylic acid groups (broad SMARTS) is 1. The second-order valence-electron chi connectivity index (χ2n) is 5.25. The molecule has 1 N–H and O–H groups in total. The Labute approximate surface area is 171 Å². The summed E-state index contributed by atoms with van der Waals surface area (Å²) >= 11 is 23.9. The molecule has 0 aliphatic carbocycles. The zero-order chi connectivity index (χ0) is 19.5. The summed E-state index contributed by atoms with van der Waals surface area (Å²) in [5.74, 6) is -1.03. The van der Waals surface area contributed by atoms with Crippen molar-refractivity contribution in [3.05, 3.63) is 56.5 Å². The number of aliphatic carboxylic acids is 1. The van der Waals surface area contributed by atoms with Gasteiger partial charge >= 0.3 is 5.97 Å². The number of hydrogen-bond acceptors (Lipinski definition) is 3. The number of nitrogens with zero attached hydrogens (tertiary/aromatic N) is 1. The number of carboxylic acids is 1. The lowest BCUT2D eigenvalue weighted by atomic mass is 10.3. The summed E-state index contributed by atoms with van der Waals surface area (Å²) in [5, 5.41) is 9.58. The quantitative estimate of drug-likeness (QED) is 0.608. The molecule has 0 saturated heterocycles. The van der Waals surface area contributed by atoms with Crippen molar-refractivity contribution in [2.75, 3.05) is 10.8 Å². The summed E-state index contributed by atoms with van der Waals surface area (Å²) in [6.45, 7) is -0.102. The topological polar surface area (TPSA) is 74.7 Å². The minimum absolute atomic E-state index is 0.0791. The highest BCUT2D eigenvalue weighted by atomic mass is 35.5. The molecule has 10 heteroatoms. The Morgan fingerprint density at radius 2 is 1.62 bits per heavy atom. The van der Waals surface area contributed by atoms with Gasteiger partial charge in [0.1, 0.15) is 0 Å². The number of carbonyl (C=O) groups is 1. The zero-order valence-electron chi connectivity index (χ0n) is 13.1. The first kappa shape index (κ1) is 21.1. The van der Waals surface area contributed by atoms with Gasteiger partial charge in [-0.2, -0.15) is 0 Å². The predicted molar refractivity (Wildman–Crippen MR) is 104 cm³/mol. The van der Waals surface area contributed by atoms with Gasteiger partial charge in [0.15, 0.2) is 0 Å². The van der Waals surface area contributed by atoms with E-state index in [9.17, 15) is 13.2 Å². The molecule has 0 spiro atoms. The molecule has 0 amide bonds. The third-order valence-electron chi connectivity index (χ3n) is 3.41. The van der Waals surface area contributed by atoms with Crippen molar-refractivity contribution in [1.29, 1.82) is 0 Å². The third-order valence-corrected chi connectivity index (χ3v) is 6.51. The van der Waals surface area contributed by atoms with E-state index in [-0.39, 0.29) is 50.1 Å². The van der Waals surface area contributed by atoms with E-state index in [4.69, 9.17) is 51.5 Å². The first-order chi connectivity index (χ1) is 12.1. The fraction of sp³-hybridized carbons (Fsp3) is 0.188. The van der Waals surface area contributed by atoms with Gasteiger partial charge < -0.3 is 5.11 Å². The number of anilines is 1. The van der Waals surface area contributed by atoms with Crippen LogP contribution in [-0.4, -0.2) is 26.0 Å². The second kappa shape index (κ2) is 8.67. The molecule has 0 aromatic heterocycles. The van der Waals surface area contributed by atoms with Crippen LogP contribution in [0.25, 0.3) is 0 Å². The van der Waals surface area contributed by atoms with Crippen LogP contribution in [0, 0.1) is 0 Å². The fourth-order valence-corrected chi connectivity index (χ4v) is 4.53. The maximum atomic E-state index is 13.1. The minimum Gasteiger partial charge on any atom is -0.481 e. The monoisotopic (exact) mass is 455 g/mol. The summed E-state index contributed by atoms with van der Waals surface area (Å²) < 4.78 is 27.2. The van der Waals surface area contributed by atoms with Crippen LogP contribution in [0.4, 0.5) is 5.69 Å². The van der Waals surface area contributed by atoms with Crippen LogP contribution in [0.2, 0.25) is 20.1 Å². The molecule has 0 saturated carbocycles. The lowest BCUT2D eigenvalue weighted by Crippen LogP contribution is -2.32. The maximum absolute atomic E-state index is 13.1. The van der Waals surface area contributed by atoms with Gasteiger partial charge in [-0.15, -0.1) is 0 Å². The smallest absolute Gasteiger partial charge is 0.303 e. The fourth-order valence-electron chi connectivity index (χ4n) is 2.19. The van der Waals surface area contributed by atoms with Gasteiger partial charge in [-0.25, -0.2) is 8.42 Å². The molecule has 0 aliphatic rings. The van der Waals surface area contributed by atoms with E-state index < -0.39 is 16.0 Å². The highest BCUT2D eigenvalue weighted by Crippen LogP contribution is 2.34. The third kappa shape index (κ3) is 4.96. The SMILES string of the molecule is O=C(O)CCCN(c1cc(Cl)ccc1Cl)S(=O)(=O)c1ccc(Cl)c(Cl)c1. The van der Waals surface area contributed by atoms with Crippen LogP contribution in [0.3, 0.4) is 0 Å². The Morgan fingerprint density at radius 3 is 2.23 bits per heavy atom. The van der Waals surface area contributed by atoms with Crippen LogP contribution in [0.15, 0.2) is 41.3 Å². The van der Waals surface area contributed by atoms with Crippen molar-refractivity contribution in [2.45, 2.75) is 17.7 Å². The van der Waals surface area contributed by atoms with Gasteiger partial charge in [0, 0.05) is 18.0 Å². The first-order valence-electron chi connectivity index (χ1n) is 7.27. The summed E-state index contributed by atoms with van der Waals surface area (Å²) in [4.78, 5) is 10.7. The predicted octanol–water partition coefficient (Wildman–Crippen LogP) is 5.36. The van der Waals surface area contributed by atoms with Crippen LogP contribution in [0.5, 0.6) is 0 Å². The molecule has 26 heavy (non-hydrogen) atoms. The molecule has 140 valence electrons. The van der Waals surface area contributed by atoms with Crippen LogP contribution >= 0.6 is 46.4 Å². The number of benzene rings is 2. The normalized spacial score (nSPS) is 11.4. The Hall–Kier alpha value is -1.18. The van der Waals surface area contributed by atoms with Crippen LogP contribution in [0.1, 0.15) is 12.8 Å². The van der Waals surface area contributed by atoms with Gasteiger partial charge in [-0.05, 0) is 42.8 Å². The van der Waals surface area contributed by atoms with Crippen molar-refractivity contribution in [3.8, 4) is 0 Å². The zero-order valence-corrected chi connectivity index (χ0v) is 17.0. The van der Waals surface area contributed by atoms with Gasteiger partial charge in [-0.3, -0.25) is 9.10 Å². The lowest BCUT2D eigenvalue weighted by molar-refractivity contribution is -0.137. The maximum Gasteiger partial charge on any atom is 0.303 e. The Kier molecular flexibility index (Phi) is 7.05. The van der Waals surface area contributed by atoms with Crippen LogP contribution < -0.4 is 4.31 Å². The number of sulfonamides is 1. The molecule has 0 aliphatic heterocycles. The number of halogens is 4. The minimum atomic E-state index is -4.08. The molecule has 0 fully saturated rings. The summed E-state index contributed by atoms with van der Waals surface area (Å²) in [6, 6.07) is 8.29. The summed E-state index contributed by atoms with van der Waals surface area (Å²) in [6.07, 6.45) is -0.121. The molecule has 5 nitrogen and oxygen atoms in total. The van der Waals surface area contributed by atoms with Gasteiger partial charge in [0.05, 0.1) is 25.7 Å². The van der Waals surface area contributed by atoms with E-state index in [2.05, 4.69) is 0 Å². The van der Waals surface area contributed by atoms with Crippen LogP contribution in [-0.2, 0) is 14.8 Å². The number of hydrogen-bond donors (Lipinski definition) is 1. The Bertz CT molecular complexity index is 934. The lowest BCUT2D eigenvalue weighted by Gasteiger charge is -2.25. The number of rotatable bonds is 7. The molecule has 2 aromatic carbocycles. The van der Waals surface area contributed by atoms with Gasteiger partial charge in [0.25, 0.3) is 10.0 Å². The second-order valence-corrected chi connectivity index (χ2v) is 8.77. The molecule has 0 unspecified atom stereocenters. The summed E-state index contributed by atoms with van der Waals surface area (Å²) in [7, 11) is -4.08. The molecule has 0 heterocycles. The van der Waals surface area contributed by atoms with E-state index in [0.717, 1.165) is 4.31 Å². The van der Waals surface area contributed by atoms with Crippen molar-refractivity contribution < 1.29 is 18.3 Å². The van der Waals surface area contributed by atoms with Crippen molar-refractivity contribution in [1.82, 2.24) is 0 Å². The van der Waals surface area contributed by atoms with Gasteiger partial charge in [0.2, 0.25) is 0 Å². The van der Waals surface area contributed by atoms with Gasteiger partial charge in [-0.1, -0.05) is 46.4 Å². The van der Waals surface area contributed by atoms with E-state index in [1.54, 1.807) is 0 Å². The largest absolute Gasteiger partial charge is 0.481 e. The molecule has 0 atom stereocenters. The summed E-state index contributed by atoms with van der Waals surface area (Å²) in [5.41, 5.74) is 0.149. The average Bonchev–Trinajstić information content (AvgIpc) is 2.56. The average molecular weight is 457 g/mol. The van der Waals surface area contributed by atoms with E-state index >= 15 is 0 Å². The Balaban J connectivity index is 2.52. The molecule has 0 radical (unpaired) electrons. The molecule has 2 rings (SSSR count).